The van der Waals surface area contributed by atoms with Gasteiger partial charge in [-0.3, -0.25) is 4.79 Å². The van der Waals surface area contributed by atoms with Crippen LogP contribution in [-0.4, -0.2) is 30.6 Å². The Morgan fingerprint density at radius 1 is 1.47 bits per heavy atom. The Balaban J connectivity index is 2.01. The molecule has 0 unspecified atom stereocenters. The van der Waals surface area contributed by atoms with E-state index in [9.17, 15) is 14.3 Å². The number of piperidine rings is 1. The van der Waals surface area contributed by atoms with Gasteiger partial charge in [-0.05, 0) is 43.5 Å². The van der Waals surface area contributed by atoms with Crippen LogP contribution in [0.15, 0.2) is 18.2 Å². The number of amides is 1. The molecule has 0 bridgehead atoms. The van der Waals surface area contributed by atoms with E-state index in [-0.39, 0.29) is 16.7 Å². The molecule has 1 aliphatic rings. The maximum absolute atomic E-state index is 13.5. The number of carbonyl (C=O) groups excluding carboxylic acids is 1. The van der Waals surface area contributed by atoms with Gasteiger partial charge in [0, 0.05) is 6.54 Å². The van der Waals surface area contributed by atoms with E-state index < -0.39 is 11.7 Å². The molecular formula is C14H19FN2O2. The second-order valence-corrected chi connectivity index (χ2v) is 5.38. The quantitative estimate of drug-likeness (QED) is 0.779. The van der Waals surface area contributed by atoms with Crippen LogP contribution in [0, 0.1) is 11.2 Å². The molecule has 19 heavy (non-hydrogen) atoms. The summed E-state index contributed by atoms with van der Waals surface area (Å²) in [7, 11) is 0. The first-order valence-corrected chi connectivity index (χ1v) is 6.48. The average molecular weight is 266 g/mol. The number of aromatic hydroxyl groups is 1. The van der Waals surface area contributed by atoms with Crippen LogP contribution in [0.3, 0.4) is 0 Å². The maximum Gasteiger partial charge on any atom is 0.258 e. The van der Waals surface area contributed by atoms with Crippen molar-refractivity contribution in [2.75, 3.05) is 19.6 Å². The molecule has 0 radical (unpaired) electrons. The lowest BCUT2D eigenvalue weighted by atomic mass is 9.81. The van der Waals surface area contributed by atoms with Crippen LogP contribution in [0.2, 0.25) is 0 Å². The van der Waals surface area contributed by atoms with E-state index in [4.69, 9.17) is 0 Å². The highest BCUT2D eigenvalue weighted by Gasteiger charge is 2.28. The molecule has 1 amide bonds. The molecule has 1 aromatic carbocycles. The fraction of sp³-hybridized carbons (Fsp3) is 0.500. The molecule has 4 nitrogen and oxygen atoms in total. The monoisotopic (exact) mass is 266 g/mol. The Kier molecular flexibility index (Phi) is 4.04. The molecule has 0 atom stereocenters. The molecule has 3 N–H and O–H groups in total. The Morgan fingerprint density at radius 2 is 2.16 bits per heavy atom. The Labute approximate surface area is 112 Å². The first-order chi connectivity index (χ1) is 9.02. The highest BCUT2D eigenvalue weighted by Crippen LogP contribution is 2.27. The van der Waals surface area contributed by atoms with Gasteiger partial charge in [0.2, 0.25) is 0 Å². The van der Waals surface area contributed by atoms with Gasteiger partial charge in [0.15, 0.2) is 0 Å². The summed E-state index contributed by atoms with van der Waals surface area (Å²) in [5.74, 6) is -1.59. The van der Waals surface area contributed by atoms with Crippen molar-refractivity contribution in [1.29, 1.82) is 0 Å². The molecule has 1 fully saturated rings. The van der Waals surface area contributed by atoms with Gasteiger partial charge in [0.25, 0.3) is 5.91 Å². The number of nitrogens with one attached hydrogen (secondary N) is 2. The summed E-state index contributed by atoms with van der Waals surface area (Å²) in [6, 6.07) is 3.85. The minimum Gasteiger partial charge on any atom is -0.507 e. The van der Waals surface area contributed by atoms with Gasteiger partial charge in [-0.25, -0.2) is 4.39 Å². The molecule has 0 aromatic heterocycles. The van der Waals surface area contributed by atoms with Crippen LogP contribution in [-0.2, 0) is 0 Å². The molecule has 1 aliphatic heterocycles. The number of hydrogen-bond acceptors (Lipinski definition) is 3. The Hall–Kier alpha value is -1.62. The van der Waals surface area contributed by atoms with Crippen molar-refractivity contribution >= 4 is 5.91 Å². The van der Waals surface area contributed by atoms with Crippen molar-refractivity contribution in [3.8, 4) is 5.75 Å². The SMILES string of the molecule is CC1(CNC(=O)c2c(O)cccc2F)CCNCC1. The van der Waals surface area contributed by atoms with Crippen LogP contribution in [0.1, 0.15) is 30.1 Å². The first-order valence-electron chi connectivity index (χ1n) is 6.48. The number of phenols is 1. The minimum atomic E-state index is -0.701. The van der Waals surface area contributed by atoms with Gasteiger partial charge < -0.3 is 15.7 Å². The second kappa shape index (κ2) is 5.57. The lowest BCUT2D eigenvalue weighted by molar-refractivity contribution is 0.0915. The van der Waals surface area contributed by atoms with Gasteiger partial charge in [-0.1, -0.05) is 13.0 Å². The van der Waals surface area contributed by atoms with E-state index in [0.717, 1.165) is 25.9 Å². The fourth-order valence-corrected chi connectivity index (χ4v) is 2.33. The molecule has 104 valence electrons. The summed E-state index contributed by atoms with van der Waals surface area (Å²) >= 11 is 0. The zero-order valence-corrected chi connectivity index (χ0v) is 11.0. The highest BCUT2D eigenvalue weighted by atomic mass is 19.1. The predicted molar refractivity (Wildman–Crippen MR) is 70.6 cm³/mol. The van der Waals surface area contributed by atoms with Crippen LogP contribution in [0.4, 0.5) is 4.39 Å². The molecule has 0 saturated carbocycles. The summed E-state index contributed by atoms with van der Waals surface area (Å²) in [5, 5.41) is 15.5. The molecule has 1 heterocycles. The van der Waals surface area contributed by atoms with Crippen molar-refractivity contribution in [3.63, 3.8) is 0 Å². The smallest absolute Gasteiger partial charge is 0.258 e. The highest BCUT2D eigenvalue weighted by molar-refractivity contribution is 5.97. The largest absolute Gasteiger partial charge is 0.507 e. The van der Waals surface area contributed by atoms with Crippen molar-refractivity contribution in [2.45, 2.75) is 19.8 Å². The summed E-state index contributed by atoms with van der Waals surface area (Å²) < 4.78 is 13.5. The standard InChI is InChI=1S/C14H19FN2O2/c1-14(5-7-16-8-6-14)9-17-13(19)12-10(15)3-2-4-11(12)18/h2-4,16,18H,5-9H2,1H3,(H,17,19). The molecule has 5 heteroatoms. The summed E-state index contributed by atoms with van der Waals surface area (Å²) in [5.41, 5.74) is -0.248. The minimum absolute atomic E-state index is 0.0295. The topological polar surface area (TPSA) is 61.4 Å². The number of phenolic OH excluding ortho intramolecular Hbond substituents is 1. The van der Waals surface area contributed by atoms with Crippen molar-refractivity contribution in [3.05, 3.63) is 29.6 Å². The summed E-state index contributed by atoms with van der Waals surface area (Å²) in [6.45, 7) is 4.45. The van der Waals surface area contributed by atoms with Crippen molar-refractivity contribution in [2.24, 2.45) is 5.41 Å². The zero-order valence-electron chi connectivity index (χ0n) is 11.0. The zero-order chi connectivity index (χ0) is 13.9. The van der Waals surface area contributed by atoms with Gasteiger partial charge in [-0.2, -0.15) is 0 Å². The maximum atomic E-state index is 13.5. The number of carbonyl (C=O) groups is 1. The molecule has 1 saturated heterocycles. The first kappa shape index (κ1) is 13.8. The summed E-state index contributed by atoms with van der Waals surface area (Å²) in [6.07, 6.45) is 1.94. The molecule has 2 rings (SSSR count). The van der Waals surface area contributed by atoms with Crippen LogP contribution in [0.25, 0.3) is 0 Å². The normalized spacial score (nSPS) is 18.0. The van der Waals surface area contributed by atoms with Crippen LogP contribution >= 0.6 is 0 Å². The number of hydrogen-bond donors (Lipinski definition) is 3. The fourth-order valence-electron chi connectivity index (χ4n) is 2.33. The molecule has 1 aromatic rings. The third kappa shape index (κ3) is 3.23. The van der Waals surface area contributed by atoms with E-state index in [1.807, 2.05) is 0 Å². The number of benzene rings is 1. The second-order valence-electron chi connectivity index (χ2n) is 5.38. The van der Waals surface area contributed by atoms with Gasteiger partial charge in [-0.15, -0.1) is 0 Å². The molecular weight excluding hydrogens is 247 g/mol. The van der Waals surface area contributed by atoms with E-state index >= 15 is 0 Å². The van der Waals surface area contributed by atoms with Crippen molar-refractivity contribution < 1.29 is 14.3 Å². The Bertz CT molecular complexity index is 450. The third-order valence-electron chi connectivity index (χ3n) is 3.71. The van der Waals surface area contributed by atoms with E-state index in [1.165, 1.54) is 18.2 Å². The predicted octanol–water partition coefficient (Wildman–Crippen LogP) is 1.65. The van der Waals surface area contributed by atoms with E-state index in [1.54, 1.807) is 0 Å². The van der Waals surface area contributed by atoms with Crippen molar-refractivity contribution in [1.82, 2.24) is 10.6 Å². The third-order valence-corrected chi connectivity index (χ3v) is 3.71. The molecule has 0 spiro atoms. The number of halogens is 1. The van der Waals surface area contributed by atoms with Gasteiger partial charge in [0.1, 0.15) is 17.1 Å². The average Bonchev–Trinajstić information content (AvgIpc) is 2.37. The Morgan fingerprint density at radius 3 is 2.79 bits per heavy atom. The lowest BCUT2D eigenvalue weighted by Crippen LogP contribution is -2.43. The lowest BCUT2D eigenvalue weighted by Gasteiger charge is -2.34. The molecule has 0 aliphatic carbocycles. The summed E-state index contributed by atoms with van der Waals surface area (Å²) in [4.78, 5) is 11.9. The van der Waals surface area contributed by atoms with Gasteiger partial charge in [0.05, 0.1) is 0 Å². The van der Waals surface area contributed by atoms with E-state index in [0.29, 0.717) is 6.54 Å². The number of rotatable bonds is 3. The van der Waals surface area contributed by atoms with E-state index in [2.05, 4.69) is 17.6 Å². The van der Waals surface area contributed by atoms with Crippen LogP contribution in [0.5, 0.6) is 5.75 Å². The van der Waals surface area contributed by atoms with Gasteiger partial charge >= 0.3 is 0 Å². The van der Waals surface area contributed by atoms with Crippen LogP contribution < -0.4 is 10.6 Å².